The highest BCUT2D eigenvalue weighted by molar-refractivity contribution is 7.88. The van der Waals surface area contributed by atoms with E-state index in [0.29, 0.717) is 5.56 Å². The topological polar surface area (TPSA) is 104 Å². The van der Waals surface area contributed by atoms with Gasteiger partial charge in [0.1, 0.15) is 6.54 Å². The van der Waals surface area contributed by atoms with Gasteiger partial charge >= 0.3 is 0 Å². The van der Waals surface area contributed by atoms with Crippen molar-refractivity contribution in [2.24, 2.45) is 5.73 Å². The van der Waals surface area contributed by atoms with Crippen molar-refractivity contribution in [1.82, 2.24) is 4.31 Å². The Bertz CT molecular complexity index is 650. The van der Waals surface area contributed by atoms with Gasteiger partial charge in [-0.2, -0.15) is 9.57 Å². The third-order valence-electron chi connectivity index (χ3n) is 3.13. The van der Waals surface area contributed by atoms with Crippen LogP contribution in [0.4, 0.5) is 0 Å². The summed E-state index contributed by atoms with van der Waals surface area (Å²) in [5, 5.41) is 8.71. The van der Waals surface area contributed by atoms with E-state index in [1.807, 2.05) is 18.2 Å². The van der Waals surface area contributed by atoms with Crippen LogP contribution in [0.5, 0.6) is 0 Å². The van der Waals surface area contributed by atoms with Crippen LogP contribution in [0.1, 0.15) is 30.9 Å². The lowest BCUT2D eigenvalue weighted by atomic mass is 10.1. The number of sulfonamides is 1. The molecule has 0 bridgehead atoms. The molecule has 0 radical (unpaired) electrons. The smallest absolute Gasteiger partial charge is 0.232 e. The molecule has 0 aliphatic heterocycles. The van der Waals surface area contributed by atoms with Gasteiger partial charge in [-0.25, -0.2) is 8.42 Å². The third kappa shape index (κ3) is 5.84. The minimum atomic E-state index is -3.76. The van der Waals surface area contributed by atoms with Crippen molar-refractivity contribution in [3.63, 3.8) is 0 Å². The van der Waals surface area contributed by atoms with Crippen LogP contribution in [0.25, 0.3) is 0 Å². The summed E-state index contributed by atoms with van der Waals surface area (Å²) >= 11 is 0. The van der Waals surface area contributed by atoms with Crippen LogP contribution in [0.3, 0.4) is 0 Å². The molecule has 0 heterocycles. The highest BCUT2D eigenvalue weighted by atomic mass is 32.2. The van der Waals surface area contributed by atoms with Crippen molar-refractivity contribution in [2.45, 2.75) is 31.9 Å². The Kier molecular flexibility index (Phi) is 7.02. The number of unbranched alkanes of at least 4 members (excludes halogenated alkanes) is 1. The molecule has 1 amide bonds. The summed E-state index contributed by atoms with van der Waals surface area (Å²) in [4.78, 5) is 11.0. The van der Waals surface area contributed by atoms with Crippen molar-refractivity contribution in [3.8, 4) is 6.07 Å². The number of rotatable bonds is 9. The zero-order valence-electron chi connectivity index (χ0n) is 12.7. The van der Waals surface area contributed by atoms with Gasteiger partial charge in [0, 0.05) is 0 Å². The molecule has 120 valence electrons. The van der Waals surface area contributed by atoms with Crippen LogP contribution in [0.2, 0.25) is 0 Å². The first kappa shape index (κ1) is 18.1. The van der Waals surface area contributed by atoms with E-state index in [9.17, 15) is 13.2 Å². The maximum Gasteiger partial charge on any atom is 0.232 e. The number of carbonyl (C=O) groups is 1. The Hall–Kier alpha value is -1.91. The molecule has 0 saturated heterocycles. The predicted octanol–water partition coefficient (Wildman–Crippen LogP) is 1.17. The highest BCUT2D eigenvalue weighted by Crippen LogP contribution is 2.14. The second kappa shape index (κ2) is 8.51. The van der Waals surface area contributed by atoms with Crippen molar-refractivity contribution in [3.05, 3.63) is 35.4 Å². The van der Waals surface area contributed by atoms with E-state index in [0.717, 1.165) is 29.1 Å². The molecule has 2 N–H and O–H groups in total. The molecule has 0 spiro atoms. The van der Waals surface area contributed by atoms with E-state index in [1.54, 1.807) is 12.1 Å². The van der Waals surface area contributed by atoms with E-state index in [-0.39, 0.29) is 12.3 Å². The lowest BCUT2D eigenvalue weighted by Crippen LogP contribution is -2.39. The van der Waals surface area contributed by atoms with Gasteiger partial charge in [-0.15, -0.1) is 0 Å². The van der Waals surface area contributed by atoms with Crippen molar-refractivity contribution < 1.29 is 13.2 Å². The quantitative estimate of drug-likeness (QED) is 0.689. The zero-order chi connectivity index (χ0) is 16.6. The fourth-order valence-electron chi connectivity index (χ4n) is 2.06. The van der Waals surface area contributed by atoms with Crippen LogP contribution < -0.4 is 5.73 Å². The number of nitrogens with two attached hydrogens (primary N) is 1. The van der Waals surface area contributed by atoms with E-state index in [4.69, 9.17) is 11.0 Å². The molecule has 0 aliphatic carbocycles. The largest absolute Gasteiger partial charge is 0.369 e. The summed E-state index contributed by atoms with van der Waals surface area (Å²) < 4.78 is 25.4. The monoisotopic (exact) mass is 323 g/mol. The first-order valence-corrected chi connectivity index (χ1v) is 8.71. The Morgan fingerprint density at radius 1 is 1.36 bits per heavy atom. The molecule has 22 heavy (non-hydrogen) atoms. The van der Waals surface area contributed by atoms with Gasteiger partial charge in [-0.1, -0.05) is 37.6 Å². The second-order valence-corrected chi connectivity index (χ2v) is 7.04. The molecule has 0 saturated carbocycles. The molecule has 1 rings (SSSR count). The van der Waals surface area contributed by atoms with Crippen LogP contribution in [-0.2, 0) is 27.0 Å². The summed E-state index contributed by atoms with van der Waals surface area (Å²) in [7, 11) is -3.76. The molecule has 0 unspecified atom stereocenters. The van der Waals surface area contributed by atoms with Crippen molar-refractivity contribution in [2.75, 3.05) is 13.1 Å². The van der Waals surface area contributed by atoms with Crippen molar-refractivity contribution in [1.29, 1.82) is 5.26 Å². The molecule has 7 heteroatoms. The number of primary amides is 1. The van der Waals surface area contributed by atoms with Gasteiger partial charge in [-0.3, -0.25) is 4.79 Å². The van der Waals surface area contributed by atoms with Gasteiger partial charge in [0.2, 0.25) is 15.9 Å². The fraction of sp³-hybridized carbons (Fsp3) is 0.467. The molecule has 0 fully saturated rings. The first-order chi connectivity index (χ1) is 10.4. The van der Waals surface area contributed by atoms with Crippen LogP contribution in [0, 0.1) is 11.3 Å². The summed E-state index contributed by atoms with van der Waals surface area (Å²) in [5.74, 6) is -1.03. The van der Waals surface area contributed by atoms with Gasteiger partial charge in [0.05, 0.1) is 18.4 Å². The Morgan fingerprint density at radius 2 is 2.05 bits per heavy atom. The molecular formula is C15H21N3O3S. The lowest BCUT2D eigenvalue weighted by Gasteiger charge is -2.17. The molecular weight excluding hydrogens is 302 g/mol. The number of nitrogens with zero attached hydrogens (tertiary/aromatic N) is 2. The number of hydrogen-bond donors (Lipinski definition) is 1. The minimum absolute atomic E-state index is 0.248. The SMILES string of the molecule is CCCCc1cccc(CS(=O)(=O)N(CC#N)CC(N)=O)c1. The zero-order valence-corrected chi connectivity index (χ0v) is 13.5. The average molecular weight is 323 g/mol. The minimum Gasteiger partial charge on any atom is -0.369 e. The Balaban J connectivity index is 2.90. The maximum atomic E-state index is 12.3. The third-order valence-corrected chi connectivity index (χ3v) is 4.88. The molecule has 0 atom stereocenters. The highest BCUT2D eigenvalue weighted by Gasteiger charge is 2.24. The van der Waals surface area contributed by atoms with Gasteiger partial charge in [-0.05, 0) is 24.0 Å². The number of benzene rings is 1. The molecule has 6 nitrogen and oxygen atoms in total. The number of aryl methyl sites for hydroxylation is 1. The number of amides is 1. The molecule has 0 aliphatic rings. The number of nitriles is 1. The Labute approximate surface area is 131 Å². The van der Waals surface area contributed by atoms with Gasteiger partial charge < -0.3 is 5.73 Å². The summed E-state index contributed by atoms with van der Waals surface area (Å²) in [6.07, 6.45) is 3.00. The van der Waals surface area contributed by atoms with E-state index >= 15 is 0 Å². The van der Waals surface area contributed by atoms with E-state index < -0.39 is 22.5 Å². The van der Waals surface area contributed by atoms with Crippen LogP contribution >= 0.6 is 0 Å². The van der Waals surface area contributed by atoms with Crippen LogP contribution in [-0.4, -0.2) is 31.7 Å². The summed E-state index contributed by atoms with van der Waals surface area (Å²) in [5.41, 5.74) is 6.76. The normalized spacial score (nSPS) is 11.3. The Morgan fingerprint density at radius 3 is 2.64 bits per heavy atom. The first-order valence-electron chi connectivity index (χ1n) is 7.10. The molecule has 1 aromatic carbocycles. The second-order valence-electron chi connectivity index (χ2n) is 5.07. The van der Waals surface area contributed by atoms with E-state index in [1.165, 1.54) is 0 Å². The molecule has 0 aromatic heterocycles. The van der Waals surface area contributed by atoms with Gasteiger partial charge in [0.15, 0.2) is 0 Å². The number of carbonyl (C=O) groups excluding carboxylic acids is 1. The summed E-state index contributed by atoms with van der Waals surface area (Å²) in [6.45, 7) is 1.23. The summed E-state index contributed by atoms with van der Waals surface area (Å²) in [6, 6.07) is 9.10. The standard InChI is InChI=1S/C15H21N3O3S/c1-2-3-5-13-6-4-7-14(10-13)12-22(20,21)18(9-8-16)11-15(17)19/h4,6-7,10H,2-3,5,9,11-12H2,1H3,(H2,17,19). The van der Waals surface area contributed by atoms with Gasteiger partial charge in [0.25, 0.3) is 0 Å². The fourth-order valence-corrected chi connectivity index (χ4v) is 3.42. The molecule has 1 aromatic rings. The van der Waals surface area contributed by atoms with E-state index in [2.05, 4.69) is 6.92 Å². The van der Waals surface area contributed by atoms with Crippen LogP contribution in [0.15, 0.2) is 24.3 Å². The number of hydrogen-bond acceptors (Lipinski definition) is 4. The maximum absolute atomic E-state index is 12.3. The average Bonchev–Trinajstić information content (AvgIpc) is 2.44. The lowest BCUT2D eigenvalue weighted by molar-refractivity contribution is -0.118. The predicted molar refractivity (Wildman–Crippen MR) is 84.1 cm³/mol. The van der Waals surface area contributed by atoms with Crippen molar-refractivity contribution >= 4 is 15.9 Å².